The molecule has 0 aromatic heterocycles. The molecule has 0 aliphatic heterocycles. The number of nitrogens with one attached hydrogen (secondary N) is 2. The van der Waals surface area contributed by atoms with Gasteiger partial charge in [-0.25, -0.2) is 13.1 Å². The van der Waals surface area contributed by atoms with Gasteiger partial charge in [0.25, 0.3) is 0 Å². The van der Waals surface area contributed by atoms with Crippen molar-refractivity contribution in [3.8, 4) is 0 Å². The van der Waals surface area contributed by atoms with Crippen molar-refractivity contribution >= 4 is 10.0 Å². The van der Waals surface area contributed by atoms with E-state index in [1.165, 1.54) is 12.1 Å². The van der Waals surface area contributed by atoms with E-state index in [1.807, 2.05) is 6.92 Å². The topological polar surface area (TPSA) is 58.2 Å². The molecule has 0 unspecified atom stereocenters. The summed E-state index contributed by atoms with van der Waals surface area (Å²) in [6.45, 7) is 1.17. The molecule has 0 aliphatic carbocycles. The molecule has 0 spiro atoms. The van der Waals surface area contributed by atoms with Crippen LogP contribution in [0.4, 0.5) is 13.2 Å². The summed E-state index contributed by atoms with van der Waals surface area (Å²) >= 11 is 0. The van der Waals surface area contributed by atoms with Crippen LogP contribution in [0.25, 0.3) is 0 Å². The Hall–Kier alpha value is -1.12. The Kier molecular flexibility index (Phi) is 5.33. The molecular formula is C11H15F3N2O2S. The zero-order chi connectivity index (χ0) is 14.5. The second-order valence-corrected chi connectivity index (χ2v) is 5.56. The highest BCUT2D eigenvalue weighted by Gasteiger charge is 2.30. The van der Waals surface area contributed by atoms with E-state index in [-0.39, 0.29) is 11.4 Å². The fraction of sp³-hybridized carbons (Fsp3) is 0.455. The molecule has 0 fully saturated rings. The zero-order valence-electron chi connectivity index (χ0n) is 10.3. The van der Waals surface area contributed by atoms with E-state index in [9.17, 15) is 21.6 Å². The number of rotatable bonds is 6. The molecule has 0 radical (unpaired) electrons. The Balaban J connectivity index is 2.94. The molecule has 1 aromatic rings. The Labute approximate surface area is 110 Å². The summed E-state index contributed by atoms with van der Waals surface area (Å²) in [6, 6.07) is 5.95. The van der Waals surface area contributed by atoms with Gasteiger partial charge >= 0.3 is 6.18 Å². The van der Waals surface area contributed by atoms with Crippen LogP contribution in [0.2, 0.25) is 0 Å². The number of alkyl halides is 3. The van der Waals surface area contributed by atoms with Gasteiger partial charge in [-0.3, -0.25) is 0 Å². The van der Waals surface area contributed by atoms with Crippen LogP contribution in [-0.2, 0) is 16.6 Å². The summed E-state index contributed by atoms with van der Waals surface area (Å²) in [6.07, 6.45) is -4.58. The van der Waals surface area contributed by atoms with Gasteiger partial charge < -0.3 is 5.32 Å². The van der Waals surface area contributed by atoms with Gasteiger partial charge in [0.15, 0.2) is 0 Å². The van der Waals surface area contributed by atoms with Crippen LogP contribution in [0.3, 0.4) is 0 Å². The number of hydrogen-bond acceptors (Lipinski definition) is 3. The van der Waals surface area contributed by atoms with Gasteiger partial charge in [0.05, 0.1) is 4.90 Å². The van der Waals surface area contributed by atoms with Crippen molar-refractivity contribution in [3.63, 3.8) is 0 Å². The molecule has 0 saturated heterocycles. The number of benzene rings is 1. The van der Waals surface area contributed by atoms with Crippen molar-refractivity contribution in [1.29, 1.82) is 0 Å². The molecule has 0 bridgehead atoms. The summed E-state index contributed by atoms with van der Waals surface area (Å²) in [5, 5.41) is 2.93. The lowest BCUT2D eigenvalue weighted by atomic mass is 10.2. The number of hydrogen-bond donors (Lipinski definition) is 2. The fourth-order valence-corrected chi connectivity index (χ4v) is 2.68. The first-order valence-electron chi connectivity index (χ1n) is 5.61. The molecule has 8 heteroatoms. The first-order chi connectivity index (χ1) is 8.76. The maximum atomic E-state index is 12.1. The van der Waals surface area contributed by atoms with E-state index < -0.39 is 22.7 Å². The van der Waals surface area contributed by atoms with Crippen molar-refractivity contribution in [2.24, 2.45) is 0 Å². The highest BCUT2D eigenvalue weighted by atomic mass is 32.2. The van der Waals surface area contributed by atoms with E-state index in [1.54, 1.807) is 16.9 Å². The molecule has 0 saturated carbocycles. The van der Waals surface area contributed by atoms with Gasteiger partial charge in [0.1, 0.15) is 6.54 Å². The lowest BCUT2D eigenvalue weighted by Gasteiger charge is -2.13. The predicted octanol–water partition coefficient (Wildman–Crippen LogP) is 1.64. The molecule has 2 N–H and O–H groups in total. The quantitative estimate of drug-likeness (QED) is 0.839. The molecule has 1 aromatic carbocycles. The third kappa shape index (κ3) is 5.17. The Bertz CT molecular complexity index is 515. The van der Waals surface area contributed by atoms with Crippen molar-refractivity contribution in [1.82, 2.24) is 10.0 Å². The van der Waals surface area contributed by atoms with Crippen LogP contribution in [0.1, 0.15) is 12.5 Å². The summed E-state index contributed by atoms with van der Waals surface area (Å²) < 4.78 is 61.4. The predicted molar refractivity (Wildman–Crippen MR) is 65.1 cm³/mol. The fourth-order valence-electron chi connectivity index (χ4n) is 1.43. The molecule has 0 aliphatic rings. The van der Waals surface area contributed by atoms with Crippen LogP contribution < -0.4 is 10.0 Å². The summed E-state index contributed by atoms with van der Waals surface area (Å²) in [4.78, 5) is -0.139. The van der Waals surface area contributed by atoms with E-state index in [2.05, 4.69) is 5.32 Å². The Morgan fingerprint density at radius 2 is 1.84 bits per heavy atom. The molecule has 4 nitrogen and oxygen atoms in total. The van der Waals surface area contributed by atoms with Gasteiger partial charge in [-0.1, -0.05) is 25.1 Å². The largest absolute Gasteiger partial charge is 0.402 e. The van der Waals surface area contributed by atoms with Gasteiger partial charge in [0.2, 0.25) is 10.0 Å². The van der Waals surface area contributed by atoms with Crippen molar-refractivity contribution in [2.45, 2.75) is 24.5 Å². The van der Waals surface area contributed by atoms with Gasteiger partial charge in [0, 0.05) is 6.54 Å². The number of halogens is 3. The third-order valence-corrected chi connectivity index (χ3v) is 3.79. The monoisotopic (exact) mass is 296 g/mol. The minimum absolute atomic E-state index is 0.139. The van der Waals surface area contributed by atoms with Gasteiger partial charge in [-0.2, -0.15) is 13.2 Å². The maximum Gasteiger partial charge on any atom is 0.402 e. The van der Waals surface area contributed by atoms with Crippen LogP contribution in [-0.4, -0.2) is 27.7 Å². The van der Waals surface area contributed by atoms with Crippen molar-refractivity contribution in [2.75, 3.05) is 13.1 Å². The smallest absolute Gasteiger partial charge is 0.313 e. The summed E-state index contributed by atoms with van der Waals surface area (Å²) in [7, 11) is -4.16. The van der Waals surface area contributed by atoms with Crippen molar-refractivity contribution in [3.05, 3.63) is 29.8 Å². The number of sulfonamides is 1. The maximum absolute atomic E-state index is 12.1. The summed E-state index contributed by atoms with van der Waals surface area (Å²) in [5.74, 6) is 0. The SMILES string of the molecule is CCNCc1ccccc1S(=O)(=O)NCC(F)(F)F. The zero-order valence-corrected chi connectivity index (χ0v) is 11.1. The summed E-state index contributed by atoms with van der Waals surface area (Å²) in [5.41, 5.74) is 0.430. The van der Waals surface area contributed by atoms with E-state index in [0.29, 0.717) is 12.1 Å². The highest BCUT2D eigenvalue weighted by molar-refractivity contribution is 7.89. The Morgan fingerprint density at radius 3 is 2.42 bits per heavy atom. The molecule has 0 heterocycles. The Morgan fingerprint density at radius 1 is 1.21 bits per heavy atom. The van der Waals surface area contributed by atoms with E-state index in [4.69, 9.17) is 0 Å². The molecule has 108 valence electrons. The minimum Gasteiger partial charge on any atom is -0.313 e. The standard InChI is InChI=1S/C11H15F3N2O2S/c1-2-15-7-9-5-3-4-6-10(9)19(17,18)16-8-11(12,13)14/h3-6,15-16H,2,7-8H2,1H3. The van der Waals surface area contributed by atoms with Crippen LogP contribution >= 0.6 is 0 Å². The van der Waals surface area contributed by atoms with Gasteiger partial charge in [-0.15, -0.1) is 0 Å². The minimum atomic E-state index is -4.58. The van der Waals surface area contributed by atoms with Crippen LogP contribution in [0.5, 0.6) is 0 Å². The van der Waals surface area contributed by atoms with Crippen LogP contribution in [0.15, 0.2) is 29.2 Å². The first kappa shape index (κ1) is 15.9. The third-order valence-electron chi connectivity index (χ3n) is 2.29. The normalized spacial score (nSPS) is 12.6. The average molecular weight is 296 g/mol. The molecular weight excluding hydrogens is 281 g/mol. The molecule has 1 rings (SSSR count). The average Bonchev–Trinajstić information content (AvgIpc) is 2.34. The van der Waals surface area contributed by atoms with Crippen LogP contribution in [0, 0.1) is 0 Å². The lowest BCUT2D eigenvalue weighted by Crippen LogP contribution is -2.34. The second kappa shape index (κ2) is 6.36. The molecule has 0 atom stereocenters. The van der Waals surface area contributed by atoms with E-state index >= 15 is 0 Å². The first-order valence-corrected chi connectivity index (χ1v) is 7.09. The lowest BCUT2D eigenvalue weighted by molar-refractivity contribution is -0.121. The molecule has 0 amide bonds. The molecule has 19 heavy (non-hydrogen) atoms. The van der Waals surface area contributed by atoms with E-state index in [0.717, 1.165) is 0 Å². The second-order valence-electron chi connectivity index (χ2n) is 3.83. The highest BCUT2D eigenvalue weighted by Crippen LogP contribution is 2.18. The van der Waals surface area contributed by atoms with Gasteiger partial charge in [-0.05, 0) is 18.2 Å². The van der Waals surface area contributed by atoms with Crippen molar-refractivity contribution < 1.29 is 21.6 Å².